The minimum atomic E-state index is -1.42. The number of carbonyl (C=O) groups is 2. The van der Waals surface area contributed by atoms with Crippen LogP contribution in [0.4, 0.5) is 0 Å². The molecule has 5 rings (SSSR count). The van der Waals surface area contributed by atoms with E-state index in [0.29, 0.717) is 22.9 Å². The number of fused-ring (bicyclic) bond motifs is 5. The van der Waals surface area contributed by atoms with Crippen LogP contribution in [0.25, 0.3) is 0 Å². The number of ketones is 2. The molecule has 3 nitrogen and oxygen atoms in total. The Morgan fingerprint density at radius 2 is 1.94 bits per heavy atom. The molecule has 4 aliphatic carbocycles. The largest absolute Gasteiger partial charge is 0.615 e. The predicted molar refractivity (Wildman–Crippen MR) is 134 cm³/mol. The van der Waals surface area contributed by atoms with Gasteiger partial charge in [0, 0.05) is 45.2 Å². The third-order valence-corrected chi connectivity index (χ3v) is 12.6. The summed E-state index contributed by atoms with van der Waals surface area (Å²) in [6.45, 7) is 4.17. The molecule has 0 unspecified atom stereocenters. The number of alkyl halides is 1. The zero-order valence-corrected chi connectivity index (χ0v) is 21.8. The van der Waals surface area contributed by atoms with Gasteiger partial charge in [-0.3, -0.25) is 9.59 Å². The third kappa shape index (κ3) is 3.50. The van der Waals surface area contributed by atoms with Crippen molar-refractivity contribution < 1.29 is 14.1 Å². The molecule has 0 amide bonds. The molecule has 0 radical (unpaired) electrons. The first-order valence-electron chi connectivity index (χ1n) is 11.5. The first-order chi connectivity index (χ1) is 15.5. The summed E-state index contributed by atoms with van der Waals surface area (Å²) >= 11 is 18.2. The number of Topliss-reactive ketones (excluding diaryl/α,β-unsaturated/α-hetero) is 1. The second-order valence-electron chi connectivity index (χ2n) is 10.5. The summed E-state index contributed by atoms with van der Waals surface area (Å²) in [7, 11) is 0. The number of halogens is 3. The highest BCUT2D eigenvalue weighted by Gasteiger charge is 2.70. The van der Waals surface area contributed by atoms with E-state index in [4.69, 9.17) is 34.8 Å². The maximum atomic E-state index is 13.7. The van der Waals surface area contributed by atoms with Gasteiger partial charge < -0.3 is 4.55 Å². The zero-order chi connectivity index (χ0) is 23.8. The summed E-state index contributed by atoms with van der Waals surface area (Å²) in [4.78, 5) is 25.7. The van der Waals surface area contributed by atoms with Crippen LogP contribution in [0.5, 0.6) is 0 Å². The molecule has 1 aromatic carbocycles. The van der Waals surface area contributed by atoms with Gasteiger partial charge in [0.15, 0.2) is 5.78 Å². The van der Waals surface area contributed by atoms with Crippen molar-refractivity contribution in [3.8, 4) is 0 Å². The Kier molecular flexibility index (Phi) is 5.90. The Balaban J connectivity index is 1.46. The maximum Gasteiger partial charge on any atom is 0.204 e. The number of allylic oxidation sites excluding steroid dienone is 4. The van der Waals surface area contributed by atoms with E-state index in [1.165, 1.54) is 0 Å². The summed E-state index contributed by atoms with van der Waals surface area (Å²) < 4.78 is 12.8. The smallest absolute Gasteiger partial charge is 0.204 e. The van der Waals surface area contributed by atoms with E-state index >= 15 is 0 Å². The number of rotatable bonds is 3. The van der Waals surface area contributed by atoms with Crippen molar-refractivity contribution in [1.29, 1.82) is 0 Å². The fourth-order valence-corrected chi connectivity index (χ4v) is 10.1. The average Bonchev–Trinajstić information content (AvgIpc) is 3.02. The lowest BCUT2D eigenvalue weighted by molar-refractivity contribution is -0.141. The highest BCUT2D eigenvalue weighted by Crippen LogP contribution is 2.68. The maximum absolute atomic E-state index is 13.7. The van der Waals surface area contributed by atoms with Crippen molar-refractivity contribution in [1.82, 2.24) is 0 Å². The molecule has 0 heterocycles. The van der Waals surface area contributed by atoms with Gasteiger partial charge in [-0.05, 0) is 66.6 Å². The van der Waals surface area contributed by atoms with E-state index in [-0.39, 0.29) is 35.1 Å². The van der Waals surface area contributed by atoms with Gasteiger partial charge in [0.2, 0.25) is 4.21 Å². The minimum Gasteiger partial charge on any atom is -0.615 e. The predicted octanol–water partition coefficient (Wildman–Crippen LogP) is 6.66. The normalized spacial score (nSPS) is 40.7. The van der Waals surface area contributed by atoms with Crippen LogP contribution < -0.4 is 0 Å². The summed E-state index contributed by atoms with van der Waals surface area (Å²) in [5.74, 6) is 0.655. The molecule has 0 aliphatic heterocycles. The molecular weight excluding hydrogens is 499 g/mol. The van der Waals surface area contributed by atoms with Crippen LogP contribution in [0.3, 0.4) is 0 Å². The van der Waals surface area contributed by atoms with Crippen molar-refractivity contribution >= 4 is 57.5 Å². The summed E-state index contributed by atoms with van der Waals surface area (Å²) in [6.07, 6.45) is 8.73. The molecule has 4 aliphatic rings. The molecule has 0 saturated heterocycles. The van der Waals surface area contributed by atoms with Crippen LogP contribution in [-0.2, 0) is 26.5 Å². The van der Waals surface area contributed by atoms with Crippen molar-refractivity contribution in [2.24, 2.45) is 28.6 Å². The molecular formula is C26H27Cl3O3S. The molecule has 7 heteroatoms. The van der Waals surface area contributed by atoms with Crippen molar-refractivity contribution in [2.45, 2.75) is 55.9 Å². The average molecular weight is 526 g/mol. The van der Waals surface area contributed by atoms with E-state index in [2.05, 4.69) is 13.8 Å². The van der Waals surface area contributed by atoms with E-state index in [1.807, 2.05) is 6.08 Å². The van der Waals surface area contributed by atoms with Crippen LogP contribution in [0.15, 0.2) is 42.0 Å². The third-order valence-electron chi connectivity index (χ3n) is 8.94. The Morgan fingerprint density at radius 3 is 2.67 bits per heavy atom. The fourth-order valence-electron chi connectivity index (χ4n) is 7.23. The van der Waals surface area contributed by atoms with Gasteiger partial charge in [0.05, 0.1) is 0 Å². The number of benzene rings is 1. The first kappa shape index (κ1) is 23.9. The van der Waals surface area contributed by atoms with Crippen molar-refractivity contribution in [3.63, 3.8) is 0 Å². The summed E-state index contributed by atoms with van der Waals surface area (Å²) in [6, 6.07) is 5.19. The van der Waals surface area contributed by atoms with Crippen LogP contribution in [0.2, 0.25) is 10.0 Å². The molecule has 33 heavy (non-hydrogen) atoms. The molecule has 3 saturated carbocycles. The fraction of sp³-hybridized carbons (Fsp3) is 0.538. The lowest BCUT2D eigenvalue weighted by Gasteiger charge is -2.56. The van der Waals surface area contributed by atoms with Gasteiger partial charge in [0.25, 0.3) is 0 Å². The highest BCUT2D eigenvalue weighted by atomic mass is 35.5. The quantitative estimate of drug-likeness (QED) is 0.327. The van der Waals surface area contributed by atoms with Crippen LogP contribution in [-0.4, -0.2) is 20.3 Å². The van der Waals surface area contributed by atoms with E-state index in [0.717, 1.165) is 30.4 Å². The molecule has 0 spiro atoms. The van der Waals surface area contributed by atoms with Crippen molar-refractivity contribution in [3.05, 3.63) is 57.6 Å². The molecule has 0 N–H and O–H groups in total. The number of hydrogen-bond acceptors (Lipinski definition) is 3. The van der Waals surface area contributed by atoms with E-state index in [1.54, 1.807) is 30.4 Å². The van der Waals surface area contributed by atoms with Gasteiger partial charge in [-0.25, -0.2) is 0 Å². The van der Waals surface area contributed by atoms with E-state index in [9.17, 15) is 14.1 Å². The van der Waals surface area contributed by atoms with Crippen LogP contribution in [0.1, 0.15) is 51.5 Å². The molecule has 7 atom stereocenters. The van der Waals surface area contributed by atoms with Crippen molar-refractivity contribution in [2.75, 3.05) is 0 Å². The molecule has 0 bridgehead atoms. The Bertz CT molecular complexity index is 1100. The van der Waals surface area contributed by atoms with Gasteiger partial charge in [-0.2, -0.15) is 0 Å². The Hall–Kier alpha value is -0.780. The number of hydrogen-bond donors (Lipinski definition) is 0. The van der Waals surface area contributed by atoms with Crippen LogP contribution in [0, 0.1) is 28.6 Å². The lowest BCUT2D eigenvalue weighted by Crippen LogP contribution is -2.58. The van der Waals surface area contributed by atoms with Gasteiger partial charge in [0.1, 0.15) is 11.5 Å². The monoisotopic (exact) mass is 524 g/mol. The summed E-state index contributed by atoms with van der Waals surface area (Å²) in [5.41, 5.74) is 0.859. The van der Waals surface area contributed by atoms with Gasteiger partial charge in [-0.15, -0.1) is 0 Å². The second-order valence-corrected chi connectivity index (χ2v) is 13.9. The van der Waals surface area contributed by atoms with Crippen LogP contribution >= 0.6 is 34.8 Å². The van der Waals surface area contributed by atoms with E-state index < -0.39 is 26.2 Å². The SMILES string of the molecule is C[C@]12C=CC(=O)C=C1CC[C@@H]1[C@@H]2C(=O)C[C@@]2(C)[C@H]1CC[C@]2(Cl)[S@+]([O-])Cc1ccc(Cl)cc1Cl. The summed E-state index contributed by atoms with van der Waals surface area (Å²) in [5, 5.41) is 1.01. The Labute approximate surface area is 213 Å². The Morgan fingerprint density at radius 1 is 1.18 bits per heavy atom. The molecule has 1 aromatic rings. The minimum absolute atomic E-state index is 0.00548. The molecule has 176 valence electrons. The van der Waals surface area contributed by atoms with Gasteiger partial charge >= 0.3 is 0 Å². The molecule has 0 aromatic heterocycles. The molecule has 3 fully saturated rings. The standard InChI is InChI=1S/C26H27Cl3O3S/c1-24-9-7-18(30)11-16(24)4-6-19-20-8-10-26(29,25(20,2)13-22(31)23(19)24)33(32)14-15-3-5-17(27)12-21(15)28/h3,5,7,9,11-12,19-20,23H,4,6,8,10,13-14H2,1-2H3/t19-,20-,23+,24-,25-,26-,33+/m0/s1. The first-order valence-corrected chi connectivity index (χ1v) is 13.9. The second kappa shape index (κ2) is 8.13. The van der Waals surface area contributed by atoms with Gasteiger partial charge in [-0.1, -0.05) is 66.4 Å². The zero-order valence-electron chi connectivity index (χ0n) is 18.7. The highest BCUT2D eigenvalue weighted by molar-refractivity contribution is 7.93. The topological polar surface area (TPSA) is 57.2 Å². The lowest BCUT2D eigenvalue weighted by atomic mass is 9.48. The number of carbonyl (C=O) groups excluding carboxylic acids is 2.